The van der Waals surface area contributed by atoms with Crippen LogP contribution in [0.4, 0.5) is 11.4 Å². The first-order valence-electron chi connectivity index (χ1n) is 10.5. The van der Waals surface area contributed by atoms with Crippen molar-refractivity contribution in [2.75, 3.05) is 24.8 Å². The average Bonchev–Trinajstić information content (AvgIpc) is 3.20. The predicted octanol–water partition coefficient (Wildman–Crippen LogP) is 3.29. The Morgan fingerprint density at radius 1 is 1.33 bits per heavy atom. The number of nitrogens with zero attached hydrogens (tertiary/aromatic N) is 4. The van der Waals surface area contributed by atoms with Gasteiger partial charge in [0.05, 0.1) is 31.4 Å². The van der Waals surface area contributed by atoms with Gasteiger partial charge in [-0.15, -0.1) is 0 Å². The van der Waals surface area contributed by atoms with Crippen molar-refractivity contribution in [3.05, 3.63) is 77.1 Å². The standard InChI is InChI=1S/C24H28N6O3/c1-6-9-18(23(25-3)33-5)28-19-14-30(24(32)22-21(19)26-15-29(22)4)13-16-10-8-11-17(12-16)27-20(31)7-2/h7-12,14-15,28H,2,6,13H2,1,3-5H3,(H,27,31)/b18-9+,25-23?. The maximum Gasteiger partial charge on any atom is 0.277 e. The van der Waals surface area contributed by atoms with Crippen LogP contribution < -0.4 is 16.2 Å². The zero-order valence-corrected chi connectivity index (χ0v) is 19.3. The summed E-state index contributed by atoms with van der Waals surface area (Å²) in [5, 5.41) is 6.08. The molecule has 0 aliphatic carbocycles. The summed E-state index contributed by atoms with van der Waals surface area (Å²) in [5.74, 6) is 0.151. The van der Waals surface area contributed by atoms with Crippen LogP contribution in [0.5, 0.6) is 0 Å². The number of benzene rings is 1. The van der Waals surface area contributed by atoms with Gasteiger partial charge in [0, 0.05) is 26.0 Å². The monoisotopic (exact) mass is 448 g/mol. The lowest BCUT2D eigenvalue weighted by atomic mass is 10.2. The molecule has 0 saturated carbocycles. The van der Waals surface area contributed by atoms with Gasteiger partial charge in [-0.25, -0.2) is 4.98 Å². The number of anilines is 2. The number of pyridine rings is 1. The minimum Gasteiger partial charge on any atom is -0.480 e. The van der Waals surface area contributed by atoms with E-state index in [9.17, 15) is 9.59 Å². The number of carbonyl (C=O) groups excluding carboxylic acids is 1. The number of amides is 1. The number of ether oxygens (including phenoxy) is 1. The Kier molecular flexibility index (Phi) is 7.45. The third kappa shape index (κ3) is 5.20. The van der Waals surface area contributed by atoms with E-state index >= 15 is 0 Å². The number of allylic oxidation sites excluding steroid dienone is 1. The third-order valence-electron chi connectivity index (χ3n) is 4.98. The second kappa shape index (κ2) is 10.4. The molecule has 0 spiro atoms. The number of aryl methyl sites for hydroxylation is 1. The summed E-state index contributed by atoms with van der Waals surface area (Å²) in [6.45, 7) is 5.78. The fourth-order valence-electron chi connectivity index (χ4n) is 3.50. The maximum atomic E-state index is 13.3. The Hall–Kier alpha value is -4.14. The van der Waals surface area contributed by atoms with Gasteiger partial charge in [0.1, 0.15) is 11.0 Å². The van der Waals surface area contributed by atoms with Crippen LogP contribution in [-0.2, 0) is 23.1 Å². The molecular weight excluding hydrogens is 420 g/mol. The lowest BCUT2D eigenvalue weighted by Crippen LogP contribution is -2.23. The number of aliphatic imine (C=N–C) groups is 1. The molecule has 33 heavy (non-hydrogen) atoms. The summed E-state index contributed by atoms with van der Waals surface area (Å²) in [6.07, 6.45) is 7.28. The highest BCUT2D eigenvalue weighted by Crippen LogP contribution is 2.22. The van der Waals surface area contributed by atoms with Crippen molar-refractivity contribution in [2.45, 2.75) is 19.9 Å². The van der Waals surface area contributed by atoms with Crippen molar-refractivity contribution in [3.63, 3.8) is 0 Å². The van der Waals surface area contributed by atoms with E-state index in [1.165, 1.54) is 6.08 Å². The van der Waals surface area contributed by atoms with Crippen molar-refractivity contribution < 1.29 is 9.53 Å². The van der Waals surface area contributed by atoms with E-state index in [-0.39, 0.29) is 11.5 Å². The highest BCUT2D eigenvalue weighted by atomic mass is 16.5. The number of carbonyl (C=O) groups is 1. The van der Waals surface area contributed by atoms with Gasteiger partial charge in [-0.2, -0.15) is 0 Å². The molecule has 172 valence electrons. The molecule has 0 saturated heterocycles. The topological polar surface area (TPSA) is 103 Å². The van der Waals surface area contributed by atoms with Gasteiger partial charge >= 0.3 is 0 Å². The Morgan fingerprint density at radius 3 is 2.79 bits per heavy atom. The summed E-state index contributed by atoms with van der Waals surface area (Å²) in [5.41, 5.74) is 3.67. The summed E-state index contributed by atoms with van der Waals surface area (Å²) >= 11 is 0. The number of methoxy groups -OCH3 is 1. The average molecular weight is 449 g/mol. The van der Waals surface area contributed by atoms with Crippen LogP contribution in [-0.4, -0.2) is 40.1 Å². The molecule has 3 rings (SSSR count). The van der Waals surface area contributed by atoms with Gasteiger partial charge in [0.25, 0.3) is 5.56 Å². The molecule has 0 bridgehead atoms. The molecule has 3 aromatic rings. The van der Waals surface area contributed by atoms with Crippen molar-refractivity contribution in [1.29, 1.82) is 0 Å². The van der Waals surface area contributed by atoms with Crippen LogP contribution in [0.1, 0.15) is 18.9 Å². The largest absolute Gasteiger partial charge is 0.480 e. The molecule has 1 amide bonds. The lowest BCUT2D eigenvalue weighted by molar-refractivity contribution is -0.111. The molecule has 0 aliphatic rings. The van der Waals surface area contributed by atoms with Crippen LogP contribution >= 0.6 is 0 Å². The van der Waals surface area contributed by atoms with Crippen LogP contribution in [0.25, 0.3) is 11.0 Å². The second-order valence-electron chi connectivity index (χ2n) is 7.31. The van der Waals surface area contributed by atoms with E-state index < -0.39 is 0 Å². The Morgan fingerprint density at radius 2 is 2.12 bits per heavy atom. The van der Waals surface area contributed by atoms with Crippen LogP contribution in [0, 0.1) is 0 Å². The molecule has 0 fully saturated rings. The van der Waals surface area contributed by atoms with Gasteiger partial charge < -0.3 is 24.5 Å². The third-order valence-corrected chi connectivity index (χ3v) is 4.98. The quantitative estimate of drug-likeness (QED) is 0.313. The number of hydrogen-bond donors (Lipinski definition) is 2. The smallest absolute Gasteiger partial charge is 0.277 e. The normalized spacial score (nSPS) is 12.0. The van der Waals surface area contributed by atoms with Crippen LogP contribution in [0.2, 0.25) is 0 Å². The molecule has 0 atom stereocenters. The molecule has 2 N–H and O–H groups in total. The zero-order valence-electron chi connectivity index (χ0n) is 19.3. The summed E-state index contributed by atoms with van der Waals surface area (Å²) in [7, 11) is 5.00. The minimum atomic E-state index is -0.297. The first-order chi connectivity index (χ1) is 15.9. The van der Waals surface area contributed by atoms with Crippen molar-refractivity contribution in [3.8, 4) is 0 Å². The molecule has 9 heteroatoms. The van der Waals surface area contributed by atoms with Crippen molar-refractivity contribution in [1.82, 2.24) is 14.1 Å². The second-order valence-corrected chi connectivity index (χ2v) is 7.31. The molecule has 2 heterocycles. The van der Waals surface area contributed by atoms with Gasteiger partial charge in [0.15, 0.2) is 0 Å². The maximum absolute atomic E-state index is 13.3. The SMILES string of the molecule is C=CC(=O)Nc1cccc(Cn2cc(N/C(=C/CC)C(=NC)OC)c3ncn(C)c3c2=O)c1. The van der Waals surface area contributed by atoms with Crippen LogP contribution in [0.15, 0.2) is 71.0 Å². The first kappa shape index (κ1) is 23.5. The summed E-state index contributed by atoms with van der Waals surface area (Å²) in [4.78, 5) is 33.5. The Labute approximate surface area is 192 Å². The van der Waals surface area contributed by atoms with E-state index in [2.05, 4.69) is 27.2 Å². The number of aromatic nitrogens is 3. The van der Waals surface area contributed by atoms with E-state index in [0.29, 0.717) is 40.5 Å². The van der Waals surface area contributed by atoms with E-state index in [4.69, 9.17) is 4.74 Å². The van der Waals surface area contributed by atoms with Gasteiger partial charge in [-0.05, 0) is 30.2 Å². The van der Waals surface area contributed by atoms with E-state index in [0.717, 1.165) is 12.0 Å². The lowest BCUT2D eigenvalue weighted by Gasteiger charge is -2.15. The highest BCUT2D eigenvalue weighted by Gasteiger charge is 2.16. The molecule has 0 aliphatic heterocycles. The fourth-order valence-corrected chi connectivity index (χ4v) is 3.50. The predicted molar refractivity (Wildman–Crippen MR) is 132 cm³/mol. The van der Waals surface area contributed by atoms with E-state index in [1.807, 2.05) is 31.2 Å². The molecule has 2 aromatic heterocycles. The summed E-state index contributed by atoms with van der Waals surface area (Å²) < 4.78 is 8.70. The van der Waals surface area contributed by atoms with Gasteiger partial charge in [-0.3, -0.25) is 14.6 Å². The Balaban J connectivity index is 2.06. The number of fused-ring (bicyclic) bond motifs is 1. The van der Waals surface area contributed by atoms with E-state index in [1.54, 1.807) is 48.9 Å². The minimum absolute atomic E-state index is 0.173. The molecule has 9 nitrogen and oxygen atoms in total. The van der Waals surface area contributed by atoms with Gasteiger partial charge in [-0.1, -0.05) is 31.7 Å². The van der Waals surface area contributed by atoms with Gasteiger partial charge in [0.2, 0.25) is 11.8 Å². The first-order valence-corrected chi connectivity index (χ1v) is 10.5. The fraction of sp³-hybridized carbons (Fsp3) is 0.250. The number of hydrogen-bond acceptors (Lipinski definition) is 6. The highest BCUT2D eigenvalue weighted by molar-refractivity contribution is 5.99. The number of rotatable bonds is 8. The Bertz CT molecular complexity index is 1300. The molecule has 1 aromatic carbocycles. The van der Waals surface area contributed by atoms with Crippen LogP contribution in [0.3, 0.4) is 0 Å². The molecule has 0 unspecified atom stereocenters. The molecule has 0 radical (unpaired) electrons. The van der Waals surface area contributed by atoms with Crippen molar-refractivity contribution >= 4 is 34.2 Å². The summed E-state index contributed by atoms with van der Waals surface area (Å²) in [6, 6.07) is 7.32. The van der Waals surface area contributed by atoms with Crippen molar-refractivity contribution in [2.24, 2.45) is 12.0 Å². The number of nitrogens with one attached hydrogen (secondary N) is 2. The number of imidazole rings is 1. The molecular formula is C24H28N6O3. The zero-order chi connectivity index (χ0) is 24.0.